The molecule has 2 aromatic heterocycles. The summed E-state index contributed by atoms with van der Waals surface area (Å²) in [5, 5.41) is 0.325. The predicted octanol–water partition coefficient (Wildman–Crippen LogP) is 2.47. The van der Waals surface area contributed by atoms with E-state index in [0.717, 1.165) is 11.3 Å². The number of rotatable bonds is 9. The minimum Gasteiger partial charge on any atom is -0.462 e. The maximum Gasteiger partial charge on any atom is 0.348 e. The topological polar surface area (TPSA) is 96.7 Å². The maximum absolute atomic E-state index is 13.0. The van der Waals surface area contributed by atoms with E-state index in [4.69, 9.17) is 14.2 Å². The van der Waals surface area contributed by atoms with E-state index in [-0.39, 0.29) is 18.8 Å². The standard InChI is InChI=1S/C18H24N2O6S/c1-5-12(17(22)26-9-8-24-6-2)20-10-19-15-13(16(20)21)11(4)14(27-15)18(23)25-7-3/h10,12H,5-9H2,1-4H3/t12-/m1/s1. The van der Waals surface area contributed by atoms with Gasteiger partial charge in [0.1, 0.15) is 22.4 Å². The van der Waals surface area contributed by atoms with Crippen molar-refractivity contribution in [2.45, 2.75) is 40.2 Å². The van der Waals surface area contributed by atoms with Crippen LogP contribution in [-0.2, 0) is 19.0 Å². The number of carbonyl (C=O) groups is 2. The highest BCUT2D eigenvalue weighted by Gasteiger charge is 2.25. The SMILES string of the molecule is CCOCCOC(=O)[C@@H](CC)n1cnc2sc(C(=O)OCC)c(C)c2c1=O. The minimum atomic E-state index is -0.790. The Bertz CT molecular complexity index is 873. The van der Waals surface area contributed by atoms with Gasteiger partial charge in [-0.1, -0.05) is 6.92 Å². The molecule has 0 radical (unpaired) electrons. The monoisotopic (exact) mass is 396 g/mol. The third-order valence-electron chi connectivity index (χ3n) is 4.01. The number of thiophene rings is 1. The average molecular weight is 396 g/mol. The second-order valence-electron chi connectivity index (χ2n) is 5.70. The van der Waals surface area contributed by atoms with Crippen LogP contribution in [0.25, 0.3) is 10.2 Å². The van der Waals surface area contributed by atoms with Crippen molar-refractivity contribution in [1.82, 2.24) is 9.55 Å². The fraction of sp³-hybridized carbons (Fsp3) is 0.556. The molecule has 2 rings (SSSR count). The van der Waals surface area contributed by atoms with E-state index in [1.54, 1.807) is 20.8 Å². The van der Waals surface area contributed by atoms with Crippen molar-refractivity contribution >= 4 is 33.5 Å². The molecular weight excluding hydrogens is 372 g/mol. The first kappa shape index (κ1) is 21.0. The lowest BCUT2D eigenvalue weighted by Crippen LogP contribution is -2.31. The number of aryl methyl sites for hydroxylation is 1. The van der Waals surface area contributed by atoms with Crippen LogP contribution in [0.4, 0.5) is 0 Å². The fourth-order valence-corrected chi connectivity index (χ4v) is 3.70. The third-order valence-corrected chi connectivity index (χ3v) is 5.19. The molecule has 0 saturated heterocycles. The minimum absolute atomic E-state index is 0.123. The van der Waals surface area contributed by atoms with Crippen LogP contribution in [-0.4, -0.2) is 47.9 Å². The van der Waals surface area contributed by atoms with Crippen molar-refractivity contribution in [3.8, 4) is 0 Å². The Balaban J connectivity index is 2.36. The average Bonchev–Trinajstić information content (AvgIpc) is 2.99. The Morgan fingerprint density at radius 1 is 1.19 bits per heavy atom. The Kier molecular flexibility index (Phi) is 7.49. The van der Waals surface area contributed by atoms with E-state index in [0.29, 0.717) is 40.3 Å². The third kappa shape index (κ3) is 4.54. The fourth-order valence-electron chi connectivity index (χ4n) is 2.67. The van der Waals surface area contributed by atoms with Crippen LogP contribution in [0.2, 0.25) is 0 Å². The Hall–Kier alpha value is -2.26. The maximum atomic E-state index is 13.0. The smallest absolute Gasteiger partial charge is 0.348 e. The van der Waals surface area contributed by atoms with Gasteiger partial charge in [0, 0.05) is 6.61 Å². The molecule has 0 saturated carbocycles. The van der Waals surface area contributed by atoms with Crippen molar-refractivity contribution in [2.75, 3.05) is 26.4 Å². The van der Waals surface area contributed by atoms with Crippen molar-refractivity contribution in [3.63, 3.8) is 0 Å². The Morgan fingerprint density at radius 2 is 1.93 bits per heavy atom. The number of fused-ring (bicyclic) bond motifs is 1. The largest absolute Gasteiger partial charge is 0.462 e. The van der Waals surface area contributed by atoms with Crippen LogP contribution < -0.4 is 5.56 Å². The second kappa shape index (κ2) is 9.61. The lowest BCUT2D eigenvalue weighted by Gasteiger charge is -2.16. The van der Waals surface area contributed by atoms with Crippen LogP contribution in [0, 0.1) is 6.92 Å². The van der Waals surface area contributed by atoms with E-state index in [9.17, 15) is 14.4 Å². The first-order valence-electron chi connectivity index (χ1n) is 8.87. The van der Waals surface area contributed by atoms with Crippen LogP contribution in [0.1, 0.15) is 48.5 Å². The summed E-state index contributed by atoms with van der Waals surface area (Å²) >= 11 is 1.11. The summed E-state index contributed by atoms with van der Waals surface area (Å²) in [5.74, 6) is -0.995. The summed E-state index contributed by atoms with van der Waals surface area (Å²) in [7, 11) is 0. The zero-order valence-electron chi connectivity index (χ0n) is 15.9. The lowest BCUT2D eigenvalue weighted by molar-refractivity contribution is -0.149. The van der Waals surface area contributed by atoms with Gasteiger partial charge in [-0.05, 0) is 32.8 Å². The highest BCUT2D eigenvalue weighted by molar-refractivity contribution is 7.20. The summed E-state index contributed by atoms with van der Waals surface area (Å²) in [4.78, 5) is 42.5. The van der Waals surface area contributed by atoms with E-state index in [2.05, 4.69) is 4.98 Å². The predicted molar refractivity (Wildman–Crippen MR) is 101 cm³/mol. The quantitative estimate of drug-likeness (QED) is 0.474. The number of esters is 2. The molecule has 1 atom stereocenters. The van der Waals surface area contributed by atoms with Gasteiger partial charge < -0.3 is 14.2 Å². The van der Waals surface area contributed by atoms with Gasteiger partial charge in [0.2, 0.25) is 0 Å². The summed E-state index contributed by atoms with van der Waals surface area (Å²) in [6.07, 6.45) is 1.70. The van der Waals surface area contributed by atoms with Crippen molar-refractivity contribution in [3.05, 3.63) is 27.1 Å². The zero-order valence-corrected chi connectivity index (χ0v) is 16.8. The molecule has 9 heteroatoms. The highest BCUT2D eigenvalue weighted by Crippen LogP contribution is 2.28. The number of nitrogens with zero attached hydrogens (tertiary/aromatic N) is 2. The van der Waals surface area contributed by atoms with Crippen LogP contribution in [0.3, 0.4) is 0 Å². The number of aromatic nitrogens is 2. The molecular formula is C18H24N2O6S. The molecule has 2 aromatic rings. The van der Waals surface area contributed by atoms with Gasteiger partial charge in [0.05, 0.1) is 24.9 Å². The van der Waals surface area contributed by atoms with Gasteiger partial charge >= 0.3 is 11.9 Å². The molecule has 0 fully saturated rings. The molecule has 0 N–H and O–H groups in total. The van der Waals surface area contributed by atoms with E-state index >= 15 is 0 Å². The molecule has 0 spiro atoms. The van der Waals surface area contributed by atoms with Gasteiger partial charge in [-0.2, -0.15) is 0 Å². The van der Waals surface area contributed by atoms with E-state index < -0.39 is 18.0 Å². The lowest BCUT2D eigenvalue weighted by atomic mass is 10.2. The summed E-state index contributed by atoms with van der Waals surface area (Å²) in [6, 6.07) is -0.790. The molecule has 27 heavy (non-hydrogen) atoms. The Labute approximate surface area is 161 Å². The van der Waals surface area contributed by atoms with Crippen LogP contribution in [0.5, 0.6) is 0 Å². The van der Waals surface area contributed by atoms with Crippen molar-refractivity contribution in [2.24, 2.45) is 0 Å². The molecule has 0 aliphatic rings. The van der Waals surface area contributed by atoms with Crippen molar-refractivity contribution in [1.29, 1.82) is 0 Å². The number of hydrogen-bond acceptors (Lipinski definition) is 8. The molecule has 0 aliphatic carbocycles. The van der Waals surface area contributed by atoms with Crippen LogP contribution in [0.15, 0.2) is 11.1 Å². The summed E-state index contributed by atoms with van der Waals surface area (Å²) < 4.78 is 16.6. The second-order valence-corrected chi connectivity index (χ2v) is 6.70. The van der Waals surface area contributed by atoms with E-state index in [1.807, 2.05) is 6.92 Å². The molecule has 0 aliphatic heterocycles. The van der Waals surface area contributed by atoms with Gasteiger partial charge in [0.15, 0.2) is 0 Å². The molecule has 2 heterocycles. The normalized spacial score (nSPS) is 12.1. The summed E-state index contributed by atoms with van der Waals surface area (Å²) in [6.45, 7) is 8.25. The molecule has 8 nitrogen and oxygen atoms in total. The van der Waals surface area contributed by atoms with Gasteiger partial charge in [-0.15, -0.1) is 11.3 Å². The highest BCUT2D eigenvalue weighted by atomic mass is 32.1. The Morgan fingerprint density at radius 3 is 2.56 bits per heavy atom. The number of carbonyl (C=O) groups excluding carboxylic acids is 2. The molecule has 0 bridgehead atoms. The number of ether oxygens (including phenoxy) is 3. The van der Waals surface area contributed by atoms with Gasteiger partial charge in [-0.25, -0.2) is 14.6 Å². The zero-order chi connectivity index (χ0) is 20.0. The van der Waals surface area contributed by atoms with Crippen LogP contribution >= 0.6 is 11.3 Å². The first-order chi connectivity index (χ1) is 13.0. The van der Waals surface area contributed by atoms with Gasteiger partial charge in [0.25, 0.3) is 5.56 Å². The van der Waals surface area contributed by atoms with Crippen molar-refractivity contribution < 1.29 is 23.8 Å². The molecule has 148 valence electrons. The first-order valence-corrected chi connectivity index (χ1v) is 9.69. The summed E-state index contributed by atoms with van der Waals surface area (Å²) in [5.41, 5.74) is 0.137. The number of hydrogen-bond donors (Lipinski definition) is 0. The van der Waals surface area contributed by atoms with Gasteiger partial charge in [-0.3, -0.25) is 9.36 Å². The molecule has 0 unspecified atom stereocenters. The van der Waals surface area contributed by atoms with E-state index in [1.165, 1.54) is 10.9 Å². The molecule has 0 aromatic carbocycles. The molecule has 0 amide bonds.